The molecular weight excluding hydrogens is 268 g/mol. The number of thiophene rings is 1. The summed E-state index contributed by atoms with van der Waals surface area (Å²) in [6.07, 6.45) is 0.946. The molecule has 0 bridgehead atoms. The molecule has 4 heteroatoms. The molecule has 0 amide bonds. The predicted octanol–water partition coefficient (Wildman–Crippen LogP) is 4.20. The largest absolute Gasteiger partial charge is 0.495 e. The zero-order valence-electron chi connectivity index (χ0n) is 10.2. The van der Waals surface area contributed by atoms with Crippen LogP contribution in [-0.2, 0) is 6.42 Å². The van der Waals surface area contributed by atoms with Gasteiger partial charge in [0.1, 0.15) is 5.75 Å². The summed E-state index contributed by atoms with van der Waals surface area (Å²) in [6.45, 7) is 2.07. The lowest BCUT2D eigenvalue weighted by Crippen LogP contribution is -1.98. The molecule has 0 aliphatic carbocycles. The van der Waals surface area contributed by atoms with Crippen molar-refractivity contribution in [1.29, 1.82) is 0 Å². The van der Waals surface area contributed by atoms with Crippen LogP contribution in [0.3, 0.4) is 0 Å². The third kappa shape index (κ3) is 2.57. The number of methoxy groups -OCH3 is 1. The molecule has 18 heavy (non-hydrogen) atoms. The maximum atomic E-state index is 12.2. The zero-order valence-corrected chi connectivity index (χ0v) is 11.8. The van der Waals surface area contributed by atoms with Crippen molar-refractivity contribution in [2.45, 2.75) is 13.3 Å². The third-order valence-electron chi connectivity index (χ3n) is 2.65. The van der Waals surface area contributed by atoms with Crippen molar-refractivity contribution in [3.63, 3.8) is 0 Å². The van der Waals surface area contributed by atoms with Gasteiger partial charge in [0.25, 0.3) is 0 Å². The number of rotatable bonds is 4. The number of carbonyl (C=O) groups excluding carboxylic acids is 1. The van der Waals surface area contributed by atoms with E-state index < -0.39 is 0 Å². The Labute approximate surface area is 115 Å². The molecule has 0 fully saturated rings. The monoisotopic (exact) mass is 280 g/mol. The maximum Gasteiger partial charge on any atom is 0.203 e. The van der Waals surface area contributed by atoms with Crippen LogP contribution in [0.4, 0.5) is 0 Å². The van der Waals surface area contributed by atoms with Gasteiger partial charge in [0.15, 0.2) is 0 Å². The number of aryl methyl sites for hydroxylation is 1. The van der Waals surface area contributed by atoms with E-state index >= 15 is 0 Å². The molecule has 94 valence electrons. The third-order valence-corrected chi connectivity index (χ3v) is 4.17. The lowest BCUT2D eigenvalue weighted by Gasteiger charge is -2.04. The Kier molecular flexibility index (Phi) is 4.04. The van der Waals surface area contributed by atoms with Crippen molar-refractivity contribution in [2.24, 2.45) is 0 Å². The highest BCUT2D eigenvalue weighted by Gasteiger charge is 2.13. The molecule has 0 aliphatic heterocycles. The number of ketones is 1. The van der Waals surface area contributed by atoms with E-state index in [1.54, 1.807) is 25.3 Å². The fourth-order valence-corrected chi connectivity index (χ4v) is 2.81. The molecule has 2 aromatic rings. The molecule has 0 spiro atoms. The summed E-state index contributed by atoms with van der Waals surface area (Å²) < 4.78 is 5.07. The summed E-state index contributed by atoms with van der Waals surface area (Å²) in [7, 11) is 1.55. The van der Waals surface area contributed by atoms with Gasteiger partial charge in [-0.25, -0.2) is 0 Å². The highest BCUT2D eigenvalue weighted by atomic mass is 35.5. The van der Waals surface area contributed by atoms with Gasteiger partial charge in [-0.1, -0.05) is 18.5 Å². The molecule has 0 saturated carbocycles. The fraction of sp³-hybridized carbons (Fsp3) is 0.214. The number of ether oxygens (including phenoxy) is 1. The topological polar surface area (TPSA) is 26.3 Å². The van der Waals surface area contributed by atoms with E-state index in [4.69, 9.17) is 16.3 Å². The normalized spacial score (nSPS) is 10.4. The first-order valence-electron chi connectivity index (χ1n) is 5.62. The molecule has 0 N–H and O–H groups in total. The summed E-state index contributed by atoms with van der Waals surface area (Å²) in [5.41, 5.74) is 0.588. The van der Waals surface area contributed by atoms with Gasteiger partial charge in [0.2, 0.25) is 5.78 Å². The van der Waals surface area contributed by atoms with Gasteiger partial charge >= 0.3 is 0 Å². The van der Waals surface area contributed by atoms with Crippen molar-refractivity contribution in [3.05, 3.63) is 50.7 Å². The second-order valence-electron chi connectivity index (χ2n) is 3.80. The van der Waals surface area contributed by atoms with Crippen molar-refractivity contribution in [3.8, 4) is 5.75 Å². The summed E-state index contributed by atoms with van der Waals surface area (Å²) in [5.74, 6) is 0.581. The summed E-state index contributed by atoms with van der Waals surface area (Å²) in [4.78, 5) is 14.2. The minimum absolute atomic E-state index is 0.00394. The van der Waals surface area contributed by atoms with Gasteiger partial charge in [-0.05, 0) is 36.8 Å². The molecule has 0 saturated heterocycles. The van der Waals surface area contributed by atoms with E-state index in [-0.39, 0.29) is 5.78 Å². The van der Waals surface area contributed by atoms with E-state index in [1.165, 1.54) is 16.2 Å². The summed E-state index contributed by atoms with van der Waals surface area (Å²) in [5, 5.41) is 0.454. The van der Waals surface area contributed by atoms with Crippen molar-refractivity contribution in [1.82, 2.24) is 0 Å². The Morgan fingerprint density at radius 3 is 2.67 bits per heavy atom. The Balaban J connectivity index is 2.31. The SMILES string of the molecule is CCc1ccc(C(=O)c2ccc(OC)c(Cl)c2)s1. The van der Waals surface area contributed by atoms with Gasteiger partial charge in [0.05, 0.1) is 17.0 Å². The highest BCUT2D eigenvalue weighted by molar-refractivity contribution is 7.14. The molecule has 0 radical (unpaired) electrons. The number of carbonyl (C=O) groups is 1. The van der Waals surface area contributed by atoms with Crippen LogP contribution in [0.25, 0.3) is 0 Å². The summed E-state index contributed by atoms with van der Waals surface area (Å²) >= 11 is 7.55. The van der Waals surface area contributed by atoms with E-state index in [9.17, 15) is 4.79 Å². The van der Waals surface area contributed by atoms with Gasteiger partial charge in [-0.15, -0.1) is 11.3 Å². The average Bonchev–Trinajstić information content (AvgIpc) is 2.86. The predicted molar refractivity (Wildman–Crippen MR) is 75.1 cm³/mol. The van der Waals surface area contributed by atoms with Gasteiger partial charge in [0, 0.05) is 10.4 Å². The fourth-order valence-electron chi connectivity index (χ4n) is 1.64. The Morgan fingerprint density at radius 1 is 1.33 bits per heavy atom. The second kappa shape index (κ2) is 5.55. The quantitative estimate of drug-likeness (QED) is 0.785. The second-order valence-corrected chi connectivity index (χ2v) is 5.37. The van der Waals surface area contributed by atoms with Gasteiger partial charge in [-0.3, -0.25) is 4.79 Å². The standard InChI is InChI=1S/C14H13ClO2S/c1-3-10-5-7-13(18-10)14(16)9-4-6-12(17-2)11(15)8-9/h4-8H,3H2,1-2H3. The minimum Gasteiger partial charge on any atom is -0.495 e. The molecule has 1 aromatic carbocycles. The molecule has 0 aliphatic rings. The van der Waals surface area contributed by atoms with Crippen LogP contribution in [0.1, 0.15) is 27.0 Å². The first-order valence-corrected chi connectivity index (χ1v) is 6.82. The number of hydrogen-bond acceptors (Lipinski definition) is 3. The lowest BCUT2D eigenvalue weighted by atomic mass is 10.1. The molecule has 2 rings (SSSR count). The molecule has 0 unspecified atom stereocenters. The van der Waals surface area contributed by atoms with E-state index in [1.807, 2.05) is 12.1 Å². The Hall–Kier alpha value is -1.32. The molecule has 0 atom stereocenters. The molecule has 1 aromatic heterocycles. The van der Waals surface area contributed by atoms with Crippen LogP contribution in [0.2, 0.25) is 5.02 Å². The highest BCUT2D eigenvalue weighted by Crippen LogP contribution is 2.27. The van der Waals surface area contributed by atoms with Crippen LogP contribution in [0.15, 0.2) is 30.3 Å². The first kappa shape index (κ1) is 13.1. The smallest absolute Gasteiger partial charge is 0.203 e. The number of hydrogen-bond donors (Lipinski definition) is 0. The van der Waals surface area contributed by atoms with Crippen molar-refractivity contribution >= 4 is 28.7 Å². The van der Waals surface area contributed by atoms with Gasteiger partial charge in [-0.2, -0.15) is 0 Å². The molecule has 1 heterocycles. The maximum absolute atomic E-state index is 12.2. The molecular formula is C14H13ClO2S. The average molecular weight is 281 g/mol. The molecule has 2 nitrogen and oxygen atoms in total. The van der Waals surface area contributed by atoms with Gasteiger partial charge < -0.3 is 4.74 Å². The first-order chi connectivity index (χ1) is 8.65. The van der Waals surface area contributed by atoms with Crippen molar-refractivity contribution in [2.75, 3.05) is 7.11 Å². The van der Waals surface area contributed by atoms with Crippen LogP contribution in [0, 0.1) is 0 Å². The minimum atomic E-state index is 0.00394. The van der Waals surface area contributed by atoms with E-state index in [0.29, 0.717) is 16.3 Å². The lowest BCUT2D eigenvalue weighted by molar-refractivity contribution is 0.104. The number of halogens is 1. The van der Waals surface area contributed by atoms with E-state index in [2.05, 4.69) is 6.92 Å². The van der Waals surface area contributed by atoms with Crippen molar-refractivity contribution < 1.29 is 9.53 Å². The van der Waals surface area contributed by atoms with Crippen LogP contribution >= 0.6 is 22.9 Å². The van der Waals surface area contributed by atoms with Crippen LogP contribution in [0.5, 0.6) is 5.75 Å². The van der Waals surface area contributed by atoms with E-state index in [0.717, 1.165) is 11.3 Å². The Bertz CT molecular complexity index is 575. The number of benzene rings is 1. The Morgan fingerprint density at radius 2 is 2.11 bits per heavy atom. The van der Waals surface area contributed by atoms with Crippen LogP contribution in [-0.4, -0.2) is 12.9 Å². The zero-order chi connectivity index (χ0) is 13.1. The van der Waals surface area contributed by atoms with Crippen LogP contribution < -0.4 is 4.74 Å². The summed E-state index contributed by atoms with van der Waals surface area (Å²) in [6, 6.07) is 8.95.